The van der Waals surface area contributed by atoms with Gasteiger partial charge in [0.05, 0.1) is 12.2 Å². The number of pyridine rings is 1. The maximum Gasteiger partial charge on any atom is 0.191 e. The zero-order valence-corrected chi connectivity index (χ0v) is 15.5. The van der Waals surface area contributed by atoms with E-state index in [1.54, 1.807) is 0 Å². The van der Waals surface area contributed by atoms with Gasteiger partial charge < -0.3 is 10.6 Å². The third-order valence-corrected chi connectivity index (χ3v) is 4.76. The Balaban J connectivity index is 1.84. The molecule has 1 unspecified atom stereocenters. The third-order valence-electron chi connectivity index (χ3n) is 4.76. The predicted molar refractivity (Wildman–Crippen MR) is 101 cm³/mol. The van der Waals surface area contributed by atoms with Gasteiger partial charge in [-0.2, -0.15) is 0 Å². The molecule has 1 aromatic heterocycles. The Kier molecular flexibility index (Phi) is 8.02. The lowest BCUT2D eigenvalue weighted by Gasteiger charge is -2.35. The maximum atomic E-state index is 4.68. The highest BCUT2D eigenvalue weighted by atomic mass is 15.2. The van der Waals surface area contributed by atoms with Crippen molar-refractivity contribution >= 4 is 5.96 Å². The topological polar surface area (TPSA) is 52.6 Å². The van der Waals surface area contributed by atoms with Crippen LogP contribution in [-0.2, 0) is 6.54 Å². The number of rotatable bonds is 7. The van der Waals surface area contributed by atoms with Crippen molar-refractivity contribution in [1.29, 1.82) is 0 Å². The maximum absolute atomic E-state index is 4.68. The van der Waals surface area contributed by atoms with E-state index in [-0.39, 0.29) is 0 Å². The molecule has 2 heterocycles. The van der Waals surface area contributed by atoms with Gasteiger partial charge in [-0.05, 0) is 51.3 Å². The molecule has 24 heavy (non-hydrogen) atoms. The molecule has 2 N–H and O–H groups in total. The van der Waals surface area contributed by atoms with Gasteiger partial charge in [0.15, 0.2) is 5.96 Å². The molecular weight excluding hydrogens is 298 g/mol. The van der Waals surface area contributed by atoms with Gasteiger partial charge in [-0.25, -0.2) is 4.99 Å². The quantitative estimate of drug-likeness (QED) is 0.596. The van der Waals surface area contributed by atoms with Crippen LogP contribution in [0.4, 0.5) is 0 Å². The van der Waals surface area contributed by atoms with Gasteiger partial charge in [0.25, 0.3) is 0 Å². The monoisotopic (exact) mass is 331 g/mol. The van der Waals surface area contributed by atoms with Crippen LogP contribution in [0.2, 0.25) is 0 Å². The Labute approximate surface area is 147 Å². The van der Waals surface area contributed by atoms with Crippen molar-refractivity contribution < 1.29 is 0 Å². The molecular formula is C19H33N5. The molecule has 0 saturated carbocycles. The molecule has 5 heteroatoms. The Bertz CT molecular complexity index is 514. The van der Waals surface area contributed by atoms with E-state index in [0.29, 0.717) is 6.54 Å². The second-order valence-electron chi connectivity index (χ2n) is 6.48. The van der Waals surface area contributed by atoms with E-state index in [1.807, 2.05) is 12.3 Å². The molecule has 2 rings (SSSR count). The van der Waals surface area contributed by atoms with Crippen LogP contribution in [-0.4, -0.2) is 48.1 Å². The Morgan fingerprint density at radius 2 is 2.21 bits per heavy atom. The van der Waals surface area contributed by atoms with Crippen molar-refractivity contribution in [3.05, 3.63) is 29.6 Å². The summed E-state index contributed by atoms with van der Waals surface area (Å²) in [6.45, 7) is 11.2. The Hall–Kier alpha value is -1.62. The van der Waals surface area contributed by atoms with Crippen molar-refractivity contribution in [1.82, 2.24) is 20.5 Å². The van der Waals surface area contributed by atoms with E-state index in [2.05, 4.69) is 52.3 Å². The van der Waals surface area contributed by atoms with E-state index >= 15 is 0 Å². The third kappa shape index (κ3) is 5.78. The smallest absolute Gasteiger partial charge is 0.191 e. The fraction of sp³-hybridized carbons (Fsp3) is 0.684. The summed E-state index contributed by atoms with van der Waals surface area (Å²) in [5, 5.41) is 6.80. The lowest BCUT2D eigenvalue weighted by atomic mass is 10.0. The van der Waals surface area contributed by atoms with Crippen LogP contribution in [0.3, 0.4) is 0 Å². The lowest BCUT2D eigenvalue weighted by molar-refractivity contribution is 0.147. The highest BCUT2D eigenvalue weighted by Crippen LogP contribution is 2.18. The van der Waals surface area contributed by atoms with Gasteiger partial charge in [0.2, 0.25) is 0 Å². The van der Waals surface area contributed by atoms with Crippen molar-refractivity contribution in [2.75, 3.05) is 26.2 Å². The zero-order chi connectivity index (χ0) is 17.2. The van der Waals surface area contributed by atoms with Crippen LogP contribution in [0.25, 0.3) is 0 Å². The number of hydrogen-bond donors (Lipinski definition) is 2. The summed E-state index contributed by atoms with van der Waals surface area (Å²) in [5.74, 6) is 0.882. The lowest BCUT2D eigenvalue weighted by Crippen LogP contribution is -2.45. The molecule has 0 spiro atoms. The predicted octanol–water partition coefficient (Wildman–Crippen LogP) is 2.71. The Morgan fingerprint density at radius 1 is 1.33 bits per heavy atom. The summed E-state index contributed by atoms with van der Waals surface area (Å²) in [5.41, 5.74) is 2.23. The summed E-state index contributed by atoms with van der Waals surface area (Å²) in [4.78, 5) is 11.7. The second kappa shape index (κ2) is 10.3. The zero-order valence-electron chi connectivity index (χ0n) is 15.5. The first-order valence-electron chi connectivity index (χ1n) is 9.41. The van der Waals surface area contributed by atoms with Crippen LogP contribution < -0.4 is 10.6 Å². The number of nitrogens with one attached hydrogen (secondary N) is 2. The van der Waals surface area contributed by atoms with E-state index in [1.165, 1.54) is 37.8 Å². The molecule has 134 valence electrons. The highest BCUT2D eigenvalue weighted by molar-refractivity contribution is 5.79. The van der Waals surface area contributed by atoms with Gasteiger partial charge in [-0.1, -0.05) is 19.4 Å². The van der Waals surface area contributed by atoms with Crippen molar-refractivity contribution in [2.45, 2.75) is 59.0 Å². The summed E-state index contributed by atoms with van der Waals surface area (Å²) in [7, 11) is 0. The average Bonchev–Trinajstić information content (AvgIpc) is 2.61. The number of nitrogens with zero attached hydrogens (tertiary/aromatic N) is 3. The molecule has 1 saturated heterocycles. The number of aryl methyl sites for hydroxylation is 1. The molecule has 1 aromatic rings. The van der Waals surface area contributed by atoms with Crippen molar-refractivity contribution in [3.8, 4) is 0 Å². The first-order valence-corrected chi connectivity index (χ1v) is 9.41. The summed E-state index contributed by atoms with van der Waals surface area (Å²) < 4.78 is 0. The number of aliphatic imine (C=N–C) groups is 1. The first kappa shape index (κ1) is 18.7. The molecule has 0 amide bonds. The van der Waals surface area contributed by atoms with E-state index in [0.717, 1.165) is 37.3 Å². The standard InChI is InChI=1S/C19H33N5/c1-4-17-10-6-7-13-24(17)14-12-22-19(20-5-2)23-15-18-16(3)9-8-11-21-18/h8-9,11,17H,4-7,10,12-15H2,1-3H3,(H2,20,22,23). The number of aromatic nitrogens is 1. The second-order valence-corrected chi connectivity index (χ2v) is 6.48. The minimum Gasteiger partial charge on any atom is -0.357 e. The van der Waals surface area contributed by atoms with Gasteiger partial charge in [0, 0.05) is 31.9 Å². The van der Waals surface area contributed by atoms with E-state index < -0.39 is 0 Å². The highest BCUT2D eigenvalue weighted by Gasteiger charge is 2.19. The van der Waals surface area contributed by atoms with Gasteiger partial charge in [0.1, 0.15) is 0 Å². The molecule has 5 nitrogen and oxygen atoms in total. The van der Waals surface area contributed by atoms with Gasteiger partial charge >= 0.3 is 0 Å². The fourth-order valence-corrected chi connectivity index (χ4v) is 3.31. The molecule has 0 radical (unpaired) electrons. The van der Waals surface area contributed by atoms with Crippen molar-refractivity contribution in [3.63, 3.8) is 0 Å². The molecule has 1 atom stereocenters. The normalized spacial score (nSPS) is 19.3. The van der Waals surface area contributed by atoms with E-state index in [4.69, 9.17) is 0 Å². The largest absolute Gasteiger partial charge is 0.357 e. The van der Waals surface area contributed by atoms with E-state index in [9.17, 15) is 0 Å². The average molecular weight is 332 g/mol. The molecule has 1 fully saturated rings. The van der Waals surface area contributed by atoms with Crippen LogP contribution in [0.15, 0.2) is 23.3 Å². The summed E-state index contributed by atoms with van der Waals surface area (Å²) in [6.07, 6.45) is 7.16. The van der Waals surface area contributed by atoms with Gasteiger partial charge in [-0.15, -0.1) is 0 Å². The van der Waals surface area contributed by atoms with Crippen LogP contribution in [0.1, 0.15) is 50.8 Å². The summed E-state index contributed by atoms with van der Waals surface area (Å²) >= 11 is 0. The molecule has 1 aliphatic heterocycles. The molecule has 0 aromatic carbocycles. The number of likely N-dealkylation sites (tertiary alicyclic amines) is 1. The van der Waals surface area contributed by atoms with Crippen LogP contribution in [0.5, 0.6) is 0 Å². The minimum atomic E-state index is 0.614. The van der Waals surface area contributed by atoms with Crippen LogP contribution in [0, 0.1) is 6.92 Å². The number of hydrogen-bond acceptors (Lipinski definition) is 3. The SMILES string of the molecule is CCNC(=NCc1ncccc1C)NCCN1CCCCC1CC. The Morgan fingerprint density at radius 3 is 2.96 bits per heavy atom. The molecule has 0 aliphatic carbocycles. The number of piperidine rings is 1. The van der Waals surface area contributed by atoms with Crippen molar-refractivity contribution in [2.24, 2.45) is 4.99 Å². The number of guanidine groups is 1. The van der Waals surface area contributed by atoms with Gasteiger partial charge in [-0.3, -0.25) is 9.88 Å². The summed E-state index contributed by atoms with van der Waals surface area (Å²) in [6, 6.07) is 4.81. The first-order chi connectivity index (χ1) is 11.7. The molecule has 0 bridgehead atoms. The van der Waals surface area contributed by atoms with Crippen LogP contribution >= 0.6 is 0 Å². The molecule has 1 aliphatic rings. The minimum absolute atomic E-state index is 0.614. The fourth-order valence-electron chi connectivity index (χ4n) is 3.31.